The van der Waals surface area contributed by atoms with Crippen LogP contribution in [0, 0.1) is 17.3 Å². The molecule has 2 N–H and O–H groups in total. The molecule has 0 spiro atoms. The number of rotatable bonds is 7. The first-order chi connectivity index (χ1) is 12.0. The highest BCUT2D eigenvalue weighted by Gasteiger charge is 2.54. The van der Waals surface area contributed by atoms with Gasteiger partial charge in [0.05, 0.1) is 13.2 Å². The first kappa shape index (κ1) is 17.9. The van der Waals surface area contributed by atoms with Crippen molar-refractivity contribution < 1.29 is 15.0 Å². The molecule has 0 heterocycles. The van der Waals surface area contributed by atoms with Crippen molar-refractivity contribution >= 4 is 17.5 Å². The van der Waals surface area contributed by atoms with Crippen LogP contribution in [0.15, 0.2) is 42.0 Å². The van der Waals surface area contributed by atoms with Gasteiger partial charge in [0.2, 0.25) is 0 Å². The summed E-state index contributed by atoms with van der Waals surface area (Å²) in [4.78, 5) is 14.1. The fraction of sp³-hybridized carbons (Fsp3) is 0.476. The number of hydrogen-bond acceptors (Lipinski definition) is 4. The van der Waals surface area contributed by atoms with Gasteiger partial charge in [-0.3, -0.25) is 4.79 Å². The van der Waals surface area contributed by atoms with Crippen molar-refractivity contribution in [3.63, 3.8) is 0 Å². The van der Waals surface area contributed by atoms with E-state index in [1.54, 1.807) is 0 Å². The number of fused-ring (bicyclic) bond motifs is 1. The van der Waals surface area contributed by atoms with Gasteiger partial charge >= 0.3 is 0 Å². The first-order valence-electron chi connectivity index (χ1n) is 8.97. The molecule has 1 saturated carbocycles. The molecule has 3 aliphatic carbocycles. The van der Waals surface area contributed by atoms with Gasteiger partial charge in [-0.05, 0) is 47.1 Å². The Hall–Kier alpha value is -1.91. The van der Waals surface area contributed by atoms with Gasteiger partial charge in [-0.25, -0.2) is 0 Å². The molecule has 1 fully saturated rings. The molecule has 4 heteroatoms. The molecule has 0 aliphatic heterocycles. The lowest BCUT2D eigenvalue weighted by Gasteiger charge is -2.54. The fourth-order valence-corrected chi connectivity index (χ4v) is 4.10. The third-order valence-electron chi connectivity index (χ3n) is 5.79. The van der Waals surface area contributed by atoms with Crippen LogP contribution < -0.4 is 4.90 Å². The van der Waals surface area contributed by atoms with E-state index in [9.17, 15) is 4.79 Å². The molecular weight excluding hydrogens is 314 g/mol. The molecular formula is C21H27NO3. The lowest BCUT2D eigenvalue weighted by molar-refractivity contribution is -0.133. The van der Waals surface area contributed by atoms with Crippen LogP contribution in [0.1, 0.15) is 25.8 Å². The molecule has 0 amide bonds. The van der Waals surface area contributed by atoms with E-state index in [0.29, 0.717) is 19.0 Å². The predicted octanol–water partition coefficient (Wildman–Crippen LogP) is 2.66. The zero-order valence-electron chi connectivity index (χ0n) is 15.0. The Kier molecular flexibility index (Phi) is 5.11. The average molecular weight is 341 g/mol. The predicted molar refractivity (Wildman–Crippen MR) is 100 cm³/mol. The summed E-state index contributed by atoms with van der Waals surface area (Å²) in [6.07, 6.45) is 6.94. The molecule has 4 rings (SSSR count). The van der Waals surface area contributed by atoms with Crippen LogP contribution in [-0.2, 0) is 4.79 Å². The lowest BCUT2D eigenvalue weighted by Crippen LogP contribution is -2.52. The standard InChI is InChI=1S/C21H27NO3/c1-21(2)18-14-19(21)20(25)13-16(18)6-3-15-4-7-17(8-5-15)22(9-11-23)10-12-24/h3-8,13,18-19,23-24H,9-12,14H2,1-2H3/b6-3+/t18-,19+/m0/s1. The minimum atomic E-state index is 0.0575. The van der Waals surface area contributed by atoms with Crippen molar-refractivity contribution in [1.29, 1.82) is 0 Å². The van der Waals surface area contributed by atoms with Gasteiger partial charge < -0.3 is 15.1 Å². The van der Waals surface area contributed by atoms with E-state index in [1.807, 2.05) is 35.2 Å². The number of allylic oxidation sites excluding steroid dienone is 3. The van der Waals surface area contributed by atoms with Crippen molar-refractivity contribution in [2.45, 2.75) is 20.3 Å². The Bertz CT molecular complexity index is 682. The van der Waals surface area contributed by atoms with Gasteiger partial charge in [-0.2, -0.15) is 0 Å². The summed E-state index contributed by atoms with van der Waals surface area (Å²) in [5.41, 5.74) is 3.29. The smallest absolute Gasteiger partial charge is 0.159 e. The molecule has 134 valence electrons. The fourth-order valence-electron chi connectivity index (χ4n) is 4.10. The topological polar surface area (TPSA) is 60.8 Å². The maximum absolute atomic E-state index is 12.2. The number of nitrogens with zero attached hydrogens (tertiary/aromatic N) is 1. The molecule has 1 aromatic carbocycles. The zero-order valence-corrected chi connectivity index (χ0v) is 15.0. The number of aliphatic hydroxyl groups is 2. The van der Waals surface area contributed by atoms with E-state index in [0.717, 1.165) is 23.2 Å². The van der Waals surface area contributed by atoms with Crippen LogP contribution in [0.4, 0.5) is 5.69 Å². The summed E-state index contributed by atoms with van der Waals surface area (Å²) >= 11 is 0. The van der Waals surface area contributed by atoms with Crippen molar-refractivity contribution in [2.24, 2.45) is 17.3 Å². The van der Waals surface area contributed by atoms with Crippen LogP contribution in [0.2, 0.25) is 0 Å². The van der Waals surface area contributed by atoms with Gasteiger partial charge in [-0.1, -0.05) is 38.1 Å². The van der Waals surface area contributed by atoms with E-state index in [-0.39, 0.29) is 30.3 Å². The maximum atomic E-state index is 12.2. The quantitative estimate of drug-likeness (QED) is 0.800. The van der Waals surface area contributed by atoms with Gasteiger partial charge in [0.15, 0.2) is 5.78 Å². The highest BCUT2D eigenvalue weighted by molar-refractivity contribution is 5.96. The van der Waals surface area contributed by atoms with Crippen LogP contribution in [-0.4, -0.2) is 42.3 Å². The third kappa shape index (κ3) is 3.42. The second kappa shape index (κ2) is 7.14. The zero-order chi connectivity index (χ0) is 18.0. The molecule has 25 heavy (non-hydrogen) atoms. The van der Waals surface area contributed by atoms with Crippen molar-refractivity contribution in [3.05, 3.63) is 47.6 Å². The van der Waals surface area contributed by atoms with E-state index in [2.05, 4.69) is 26.0 Å². The van der Waals surface area contributed by atoms with E-state index in [4.69, 9.17) is 10.2 Å². The largest absolute Gasteiger partial charge is 0.395 e. The van der Waals surface area contributed by atoms with Gasteiger partial charge in [-0.15, -0.1) is 0 Å². The highest BCUT2D eigenvalue weighted by atomic mass is 16.3. The van der Waals surface area contributed by atoms with Crippen LogP contribution in [0.5, 0.6) is 0 Å². The molecule has 0 radical (unpaired) electrons. The Morgan fingerprint density at radius 3 is 2.24 bits per heavy atom. The summed E-state index contributed by atoms with van der Waals surface area (Å²) in [6, 6.07) is 8.03. The first-order valence-corrected chi connectivity index (χ1v) is 8.97. The van der Waals surface area contributed by atoms with Gasteiger partial charge in [0.1, 0.15) is 0 Å². The van der Waals surface area contributed by atoms with E-state index < -0.39 is 0 Å². The number of aliphatic hydroxyl groups excluding tert-OH is 2. The Labute approximate surface area is 149 Å². The second-order valence-electron chi connectivity index (χ2n) is 7.57. The second-order valence-corrected chi connectivity index (χ2v) is 7.57. The SMILES string of the molecule is CC1(C)[C@@H]2C[C@H]1C(/C=C/c1ccc(N(CCO)CCO)cc1)=CC2=O. The Morgan fingerprint density at radius 2 is 1.72 bits per heavy atom. The van der Waals surface area contributed by atoms with Crippen LogP contribution >= 0.6 is 0 Å². The van der Waals surface area contributed by atoms with Crippen molar-refractivity contribution in [3.8, 4) is 0 Å². The van der Waals surface area contributed by atoms with Crippen molar-refractivity contribution in [2.75, 3.05) is 31.2 Å². The summed E-state index contributed by atoms with van der Waals surface area (Å²) in [5.74, 6) is 0.958. The van der Waals surface area contributed by atoms with E-state index >= 15 is 0 Å². The monoisotopic (exact) mass is 341 g/mol. The van der Waals surface area contributed by atoms with Gasteiger partial charge in [0, 0.05) is 24.7 Å². The molecule has 0 aromatic heterocycles. The molecule has 4 nitrogen and oxygen atoms in total. The molecule has 1 aromatic rings. The van der Waals surface area contributed by atoms with Crippen LogP contribution in [0.3, 0.4) is 0 Å². The summed E-state index contributed by atoms with van der Waals surface area (Å²) in [5, 5.41) is 18.3. The van der Waals surface area contributed by atoms with Crippen LogP contribution in [0.25, 0.3) is 6.08 Å². The number of anilines is 1. The summed E-state index contributed by atoms with van der Waals surface area (Å²) in [6.45, 7) is 5.50. The lowest BCUT2D eigenvalue weighted by atomic mass is 9.48. The Morgan fingerprint density at radius 1 is 1.08 bits per heavy atom. The number of carbonyl (C=O) groups excluding carboxylic acids is 1. The minimum Gasteiger partial charge on any atom is -0.395 e. The molecule has 0 unspecified atom stereocenters. The molecule has 2 bridgehead atoms. The highest BCUT2D eigenvalue weighted by Crippen LogP contribution is 2.58. The minimum absolute atomic E-state index is 0.0575. The van der Waals surface area contributed by atoms with Crippen molar-refractivity contribution in [1.82, 2.24) is 0 Å². The Balaban J connectivity index is 1.71. The maximum Gasteiger partial charge on any atom is 0.159 e. The number of carbonyl (C=O) groups is 1. The molecule has 3 aliphatic rings. The number of ketones is 1. The number of hydrogen-bond donors (Lipinski definition) is 2. The number of benzene rings is 1. The summed E-state index contributed by atoms with van der Waals surface area (Å²) < 4.78 is 0. The summed E-state index contributed by atoms with van der Waals surface area (Å²) in [7, 11) is 0. The van der Waals surface area contributed by atoms with E-state index in [1.165, 1.54) is 0 Å². The average Bonchev–Trinajstić information content (AvgIpc) is 2.59. The van der Waals surface area contributed by atoms with Gasteiger partial charge in [0.25, 0.3) is 0 Å². The molecule has 2 atom stereocenters. The third-order valence-corrected chi connectivity index (χ3v) is 5.79. The normalized spacial score (nSPS) is 24.2. The molecule has 0 saturated heterocycles.